The van der Waals surface area contributed by atoms with Crippen LogP contribution in [0.15, 0.2) is 35.3 Å². The number of likely N-dealkylation sites (N-methyl/N-ethyl adjacent to an activating group) is 1. The molecule has 16 heavy (non-hydrogen) atoms. The van der Waals surface area contributed by atoms with Crippen molar-refractivity contribution in [3.8, 4) is 0 Å². The van der Waals surface area contributed by atoms with Crippen LogP contribution in [0.1, 0.15) is 18.9 Å². The van der Waals surface area contributed by atoms with Crippen molar-refractivity contribution < 1.29 is 4.39 Å². The Bertz CT molecular complexity index is 352. The number of nitrogens with one attached hydrogen (secondary N) is 1. The second-order valence-electron chi connectivity index (χ2n) is 3.72. The molecule has 0 radical (unpaired) electrons. The summed E-state index contributed by atoms with van der Waals surface area (Å²) < 4.78 is 13.8. The summed E-state index contributed by atoms with van der Waals surface area (Å²) in [6.45, 7) is 6.76. The fourth-order valence-electron chi connectivity index (χ4n) is 1.68. The highest BCUT2D eigenvalue weighted by molar-refractivity contribution is 9.10. The van der Waals surface area contributed by atoms with Gasteiger partial charge < -0.3 is 5.32 Å². The van der Waals surface area contributed by atoms with Crippen molar-refractivity contribution >= 4 is 15.9 Å². The Hall–Kier alpha value is -0.670. The number of hydrogen-bond donors (Lipinski definition) is 1. The van der Waals surface area contributed by atoms with E-state index < -0.39 is 0 Å². The van der Waals surface area contributed by atoms with E-state index >= 15 is 0 Å². The molecule has 88 valence electrons. The summed E-state index contributed by atoms with van der Waals surface area (Å²) in [5.74, 6) is -0.209. The molecule has 1 rings (SSSR count). The standard InChI is InChI=1S/C13H17BrFN/c1-3-5-12(16-4-2)8-10-6-7-11(15)9-13(10)14/h3,6-7,9,12,16H,1,4-5,8H2,2H3. The predicted molar refractivity (Wildman–Crippen MR) is 70.1 cm³/mol. The van der Waals surface area contributed by atoms with Gasteiger partial charge in [0.05, 0.1) is 0 Å². The predicted octanol–water partition coefficient (Wildman–Crippen LogP) is 3.68. The molecule has 0 aliphatic carbocycles. The quantitative estimate of drug-likeness (QED) is 0.786. The molecule has 0 aliphatic heterocycles. The third kappa shape index (κ3) is 4.06. The molecule has 0 spiro atoms. The number of halogens is 2. The van der Waals surface area contributed by atoms with Crippen LogP contribution in [0.3, 0.4) is 0 Å². The van der Waals surface area contributed by atoms with Gasteiger partial charge in [-0.15, -0.1) is 6.58 Å². The van der Waals surface area contributed by atoms with Crippen molar-refractivity contribution in [3.05, 3.63) is 46.7 Å². The minimum Gasteiger partial charge on any atom is -0.314 e. The molecule has 1 nitrogen and oxygen atoms in total. The van der Waals surface area contributed by atoms with E-state index in [-0.39, 0.29) is 5.82 Å². The van der Waals surface area contributed by atoms with Crippen LogP contribution in [-0.2, 0) is 6.42 Å². The molecule has 1 N–H and O–H groups in total. The molecular weight excluding hydrogens is 269 g/mol. The van der Waals surface area contributed by atoms with Crippen LogP contribution in [0.2, 0.25) is 0 Å². The summed E-state index contributed by atoms with van der Waals surface area (Å²) in [4.78, 5) is 0. The van der Waals surface area contributed by atoms with Crippen LogP contribution < -0.4 is 5.32 Å². The van der Waals surface area contributed by atoms with Gasteiger partial charge in [-0.05, 0) is 37.1 Å². The smallest absolute Gasteiger partial charge is 0.124 e. The molecule has 0 saturated carbocycles. The lowest BCUT2D eigenvalue weighted by molar-refractivity contribution is 0.528. The Balaban J connectivity index is 2.72. The van der Waals surface area contributed by atoms with Crippen LogP contribution in [0.4, 0.5) is 4.39 Å². The second-order valence-corrected chi connectivity index (χ2v) is 4.57. The van der Waals surface area contributed by atoms with E-state index in [1.54, 1.807) is 0 Å². The van der Waals surface area contributed by atoms with E-state index in [4.69, 9.17) is 0 Å². The molecule has 0 amide bonds. The van der Waals surface area contributed by atoms with Gasteiger partial charge in [-0.1, -0.05) is 35.0 Å². The molecule has 0 aromatic heterocycles. The zero-order valence-corrected chi connectivity index (χ0v) is 11.1. The summed E-state index contributed by atoms with van der Waals surface area (Å²) in [6, 6.07) is 5.19. The van der Waals surface area contributed by atoms with Crippen molar-refractivity contribution in [2.24, 2.45) is 0 Å². The van der Waals surface area contributed by atoms with Gasteiger partial charge >= 0.3 is 0 Å². The van der Waals surface area contributed by atoms with Gasteiger partial charge in [0.15, 0.2) is 0 Å². The van der Waals surface area contributed by atoms with Gasteiger partial charge in [0, 0.05) is 10.5 Å². The van der Waals surface area contributed by atoms with E-state index in [2.05, 4.69) is 34.7 Å². The van der Waals surface area contributed by atoms with Crippen LogP contribution in [-0.4, -0.2) is 12.6 Å². The highest BCUT2D eigenvalue weighted by atomic mass is 79.9. The van der Waals surface area contributed by atoms with Crippen molar-refractivity contribution in [1.29, 1.82) is 0 Å². The largest absolute Gasteiger partial charge is 0.314 e. The molecule has 0 saturated heterocycles. The summed E-state index contributed by atoms with van der Waals surface area (Å²) in [7, 11) is 0. The van der Waals surface area contributed by atoms with E-state index in [0.717, 1.165) is 29.4 Å². The minimum absolute atomic E-state index is 0.209. The van der Waals surface area contributed by atoms with Crippen molar-refractivity contribution in [1.82, 2.24) is 5.32 Å². The first-order valence-electron chi connectivity index (χ1n) is 5.45. The molecule has 1 unspecified atom stereocenters. The maximum Gasteiger partial charge on any atom is 0.124 e. The van der Waals surface area contributed by atoms with Crippen LogP contribution >= 0.6 is 15.9 Å². The van der Waals surface area contributed by atoms with E-state index in [0.29, 0.717) is 6.04 Å². The Morgan fingerprint density at radius 2 is 2.31 bits per heavy atom. The van der Waals surface area contributed by atoms with Gasteiger partial charge in [-0.25, -0.2) is 4.39 Å². The molecule has 0 bridgehead atoms. The summed E-state index contributed by atoms with van der Waals surface area (Å²) in [5, 5.41) is 3.39. The fourth-order valence-corrected chi connectivity index (χ4v) is 2.19. The summed E-state index contributed by atoms with van der Waals surface area (Å²) in [5.41, 5.74) is 1.12. The third-order valence-electron chi connectivity index (χ3n) is 2.43. The lowest BCUT2D eigenvalue weighted by atomic mass is 10.0. The average molecular weight is 286 g/mol. The average Bonchev–Trinajstić information content (AvgIpc) is 2.23. The first kappa shape index (κ1) is 13.4. The zero-order chi connectivity index (χ0) is 12.0. The number of rotatable bonds is 6. The van der Waals surface area contributed by atoms with Gasteiger partial charge in [0.1, 0.15) is 5.82 Å². The first-order valence-corrected chi connectivity index (χ1v) is 6.24. The van der Waals surface area contributed by atoms with Gasteiger partial charge in [0.2, 0.25) is 0 Å². The zero-order valence-electron chi connectivity index (χ0n) is 9.47. The van der Waals surface area contributed by atoms with Crippen molar-refractivity contribution in [2.75, 3.05) is 6.54 Å². The minimum atomic E-state index is -0.209. The van der Waals surface area contributed by atoms with E-state index in [1.165, 1.54) is 12.1 Å². The van der Waals surface area contributed by atoms with E-state index in [1.807, 2.05) is 12.1 Å². The Morgan fingerprint density at radius 1 is 1.56 bits per heavy atom. The van der Waals surface area contributed by atoms with E-state index in [9.17, 15) is 4.39 Å². The third-order valence-corrected chi connectivity index (χ3v) is 3.16. The highest BCUT2D eigenvalue weighted by Crippen LogP contribution is 2.20. The summed E-state index contributed by atoms with van der Waals surface area (Å²) in [6.07, 6.45) is 3.70. The Kier molecular flexibility index (Phi) is 5.71. The Morgan fingerprint density at radius 3 is 2.88 bits per heavy atom. The monoisotopic (exact) mass is 285 g/mol. The molecular formula is C13H17BrFN. The molecule has 0 heterocycles. The normalized spacial score (nSPS) is 12.4. The first-order chi connectivity index (χ1) is 7.67. The molecule has 0 aliphatic rings. The van der Waals surface area contributed by atoms with Crippen molar-refractivity contribution in [3.63, 3.8) is 0 Å². The number of benzene rings is 1. The van der Waals surface area contributed by atoms with Gasteiger partial charge in [0.25, 0.3) is 0 Å². The molecule has 1 aromatic rings. The maximum atomic E-state index is 12.9. The highest BCUT2D eigenvalue weighted by Gasteiger charge is 2.09. The maximum absolute atomic E-state index is 12.9. The molecule has 3 heteroatoms. The fraction of sp³-hybridized carbons (Fsp3) is 0.385. The number of hydrogen-bond acceptors (Lipinski definition) is 1. The lowest BCUT2D eigenvalue weighted by Gasteiger charge is -2.16. The molecule has 1 aromatic carbocycles. The van der Waals surface area contributed by atoms with Crippen molar-refractivity contribution in [2.45, 2.75) is 25.8 Å². The second kappa shape index (κ2) is 6.81. The SMILES string of the molecule is C=CCC(Cc1ccc(F)cc1Br)NCC. The van der Waals surface area contributed by atoms with Crippen LogP contribution in [0.25, 0.3) is 0 Å². The Labute approximate surface area is 105 Å². The molecule has 0 fully saturated rings. The topological polar surface area (TPSA) is 12.0 Å². The van der Waals surface area contributed by atoms with Gasteiger partial charge in [-0.2, -0.15) is 0 Å². The molecule has 1 atom stereocenters. The summed E-state index contributed by atoms with van der Waals surface area (Å²) >= 11 is 3.38. The van der Waals surface area contributed by atoms with Crippen LogP contribution in [0.5, 0.6) is 0 Å². The van der Waals surface area contributed by atoms with Crippen LogP contribution in [0, 0.1) is 5.82 Å². The van der Waals surface area contributed by atoms with Gasteiger partial charge in [-0.3, -0.25) is 0 Å². The lowest BCUT2D eigenvalue weighted by Crippen LogP contribution is -2.30.